The zero-order valence-electron chi connectivity index (χ0n) is 12.0. The van der Waals surface area contributed by atoms with E-state index in [-0.39, 0.29) is 5.91 Å². The highest BCUT2D eigenvalue weighted by Crippen LogP contribution is 2.52. The van der Waals surface area contributed by atoms with E-state index in [1.807, 2.05) is 24.3 Å². The molecule has 2 amide bonds. The van der Waals surface area contributed by atoms with Gasteiger partial charge in [-0.2, -0.15) is 0 Å². The van der Waals surface area contributed by atoms with Crippen molar-refractivity contribution in [1.82, 2.24) is 4.90 Å². The van der Waals surface area contributed by atoms with Crippen LogP contribution in [-0.4, -0.2) is 47.3 Å². The number of methoxy groups -OCH3 is 1. The monoisotopic (exact) mass is 300 g/mol. The van der Waals surface area contributed by atoms with Gasteiger partial charge in [0.1, 0.15) is 5.41 Å². The summed E-state index contributed by atoms with van der Waals surface area (Å²) < 4.78 is 4.86. The van der Waals surface area contributed by atoms with Crippen molar-refractivity contribution in [3.63, 3.8) is 0 Å². The van der Waals surface area contributed by atoms with Crippen LogP contribution in [0.4, 0.5) is 10.5 Å². The van der Waals surface area contributed by atoms with Gasteiger partial charge in [-0.3, -0.25) is 9.69 Å². The number of hydrogen-bond acceptors (Lipinski definition) is 4. The summed E-state index contributed by atoms with van der Waals surface area (Å²) in [4.78, 5) is 26.4. The van der Waals surface area contributed by atoms with Crippen molar-refractivity contribution >= 4 is 17.7 Å². The molecule has 4 rings (SSSR count). The number of rotatable bonds is 0. The number of amides is 2. The molecule has 114 valence electrons. The Morgan fingerprint density at radius 2 is 2.18 bits per heavy atom. The van der Waals surface area contributed by atoms with Gasteiger partial charge in [0.25, 0.3) is 0 Å². The maximum Gasteiger partial charge on any atom is 0.410 e. The third-order valence-corrected chi connectivity index (χ3v) is 5.02. The van der Waals surface area contributed by atoms with Gasteiger partial charge in [-0.25, -0.2) is 4.79 Å². The molecule has 0 radical (unpaired) electrons. The Morgan fingerprint density at radius 1 is 1.41 bits per heavy atom. The van der Waals surface area contributed by atoms with Gasteiger partial charge < -0.3 is 15.2 Å². The summed E-state index contributed by atoms with van der Waals surface area (Å²) in [6, 6.07) is 6.60. The second-order valence-electron chi connectivity index (χ2n) is 5.94. The van der Waals surface area contributed by atoms with Crippen molar-refractivity contribution in [2.24, 2.45) is 0 Å². The smallest absolute Gasteiger partial charge is 0.410 e. The number of hydrogen-bond donors (Lipinski definition) is 2. The Balaban J connectivity index is 1.90. The van der Waals surface area contributed by atoms with Crippen LogP contribution in [0, 0.1) is 0 Å². The average molecular weight is 300 g/mol. The third kappa shape index (κ3) is 1.42. The molecule has 0 unspecified atom stereocenters. The van der Waals surface area contributed by atoms with E-state index in [0.29, 0.717) is 6.42 Å². The number of fused-ring (bicyclic) bond motifs is 5. The zero-order chi connectivity index (χ0) is 15.5. The molecule has 2 N–H and O–H groups in total. The molecule has 1 aromatic carbocycles. The highest BCUT2D eigenvalue weighted by molar-refractivity contribution is 6.08. The second-order valence-corrected chi connectivity index (χ2v) is 5.94. The number of aliphatic hydroxyl groups excluding tert-OH is 1. The Hall–Kier alpha value is -2.34. The van der Waals surface area contributed by atoms with Gasteiger partial charge in [-0.05, 0) is 18.1 Å². The van der Waals surface area contributed by atoms with Gasteiger partial charge >= 0.3 is 6.09 Å². The van der Waals surface area contributed by atoms with Crippen molar-refractivity contribution < 1.29 is 19.4 Å². The van der Waals surface area contributed by atoms with Gasteiger partial charge in [0.15, 0.2) is 0 Å². The number of benzene rings is 1. The first-order chi connectivity index (χ1) is 10.6. The van der Waals surface area contributed by atoms with E-state index >= 15 is 0 Å². The maximum absolute atomic E-state index is 12.8. The molecule has 0 saturated carbocycles. The van der Waals surface area contributed by atoms with Gasteiger partial charge in [0.05, 0.1) is 25.3 Å². The Kier molecular flexibility index (Phi) is 2.62. The lowest BCUT2D eigenvalue weighted by molar-refractivity contribution is -0.121. The maximum atomic E-state index is 12.8. The fourth-order valence-electron chi connectivity index (χ4n) is 4.07. The van der Waals surface area contributed by atoms with Crippen LogP contribution in [0.5, 0.6) is 0 Å². The first kappa shape index (κ1) is 13.3. The Morgan fingerprint density at radius 3 is 2.95 bits per heavy atom. The van der Waals surface area contributed by atoms with E-state index in [0.717, 1.165) is 11.3 Å². The summed E-state index contributed by atoms with van der Waals surface area (Å²) >= 11 is 0. The lowest BCUT2D eigenvalue weighted by Crippen LogP contribution is -2.51. The van der Waals surface area contributed by atoms with Crippen LogP contribution in [0.3, 0.4) is 0 Å². The second kappa shape index (κ2) is 4.33. The molecule has 3 aliphatic rings. The molecule has 0 aliphatic carbocycles. The van der Waals surface area contributed by atoms with Gasteiger partial charge in [0, 0.05) is 5.69 Å². The van der Waals surface area contributed by atoms with Crippen LogP contribution < -0.4 is 5.32 Å². The molecule has 2 bridgehead atoms. The fraction of sp³-hybridized carbons (Fsp3) is 0.375. The van der Waals surface area contributed by atoms with Crippen LogP contribution in [0.15, 0.2) is 36.4 Å². The number of nitrogens with zero attached hydrogens (tertiary/aromatic N) is 1. The summed E-state index contributed by atoms with van der Waals surface area (Å²) in [6.45, 7) is 0. The number of carbonyl (C=O) groups excluding carboxylic acids is 2. The SMILES string of the molecule is COC(=O)N1[C@H]2C=C[C@H](O)[C@@H]1C[C@@]21C(=O)Nc2ccccc21. The summed E-state index contributed by atoms with van der Waals surface area (Å²) in [7, 11) is 1.31. The van der Waals surface area contributed by atoms with E-state index in [1.165, 1.54) is 12.0 Å². The summed E-state index contributed by atoms with van der Waals surface area (Å²) in [5.74, 6) is -0.131. The number of anilines is 1. The molecule has 3 heterocycles. The minimum atomic E-state index is -0.858. The Bertz CT molecular complexity index is 701. The van der Waals surface area contributed by atoms with Gasteiger partial charge in [-0.15, -0.1) is 0 Å². The molecule has 6 heteroatoms. The summed E-state index contributed by atoms with van der Waals surface area (Å²) in [5, 5.41) is 13.1. The van der Waals surface area contributed by atoms with Gasteiger partial charge in [0.2, 0.25) is 5.91 Å². The van der Waals surface area contributed by atoms with E-state index in [1.54, 1.807) is 12.2 Å². The first-order valence-corrected chi connectivity index (χ1v) is 7.23. The largest absolute Gasteiger partial charge is 0.453 e. The first-order valence-electron chi connectivity index (χ1n) is 7.23. The topological polar surface area (TPSA) is 78.9 Å². The van der Waals surface area contributed by atoms with Gasteiger partial charge in [-0.1, -0.05) is 30.4 Å². The molecule has 1 fully saturated rings. The average Bonchev–Trinajstić information content (AvgIpc) is 2.96. The number of aliphatic hydroxyl groups is 1. The lowest BCUT2D eigenvalue weighted by atomic mass is 9.75. The molecule has 1 aromatic rings. The normalized spacial score (nSPS) is 34.7. The van der Waals surface area contributed by atoms with Crippen LogP contribution in [0.2, 0.25) is 0 Å². The van der Waals surface area contributed by atoms with Crippen molar-refractivity contribution in [2.45, 2.75) is 30.0 Å². The minimum Gasteiger partial charge on any atom is -0.453 e. The molecule has 1 saturated heterocycles. The number of para-hydroxylation sites is 1. The van der Waals surface area contributed by atoms with Crippen LogP contribution in [0.1, 0.15) is 12.0 Å². The van der Waals surface area contributed by atoms with Crippen LogP contribution >= 0.6 is 0 Å². The van der Waals surface area contributed by atoms with E-state index in [4.69, 9.17) is 4.74 Å². The minimum absolute atomic E-state index is 0.131. The molecule has 0 aromatic heterocycles. The standard InChI is InChI=1S/C16H16N2O4/c1-22-15(21)18-11-8-16(13(18)7-6-12(11)19)9-4-2-3-5-10(9)17-14(16)20/h2-7,11-13,19H,8H2,1H3,(H,17,20)/t11-,12-,13-,16-/m0/s1. The molecule has 6 nitrogen and oxygen atoms in total. The zero-order valence-corrected chi connectivity index (χ0v) is 12.0. The van der Waals surface area contributed by atoms with Crippen molar-refractivity contribution in [1.29, 1.82) is 0 Å². The van der Waals surface area contributed by atoms with Crippen molar-refractivity contribution in [3.05, 3.63) is 42.0 Å². The van der Waals surface area contributed by atoms with Crippen LogP contribution in [-0.2, 0) is 14.9 Å². The fourth-order valence-corrected chi connectivity index (χ4v) is 4.07. The summed E-state index contributed by atoms with van der Waals surface area (Å²) in [5.41, 5.74) is 0.789. The quantitative estimate of drug-likeness (QED) is 0.701. The van der Waals surface area contributed by atoms with Crippen LogP contribution in [0.25, 0.3) is 0 Å². The molecular formula is C16H16N2O4. The molecule has 22 heavy (non-hydrogen) atoms. The molecular weight excluding hydrogens is 284 g/mol. The molecule has 3 aliphatic heterocycles. The summed E-state index contributed by atoms with van der Waals surface area (Å²) in [6.07, 6.45) is 2.47. The number of nitrogens with one attached hydrogen (secondary N) is 1. The van der Waals surface area contributed by atoms with Crippen molar-refractivity contribution in [3.8, 4) is 0 Å². The van der Waals surface area contributed by atoms with E-state index in [9.17, 15) is 14.7 Å². The highest BCUT2D eigenvalue weighted by atomic mass is 16.5. The predicted octanol–water partition coefficient (Wildman–Crippen LogP) is 1.02. The highest BCUT2D eigenvalue weighted by Gasteiger charge is 2.63. The molecule has 4 atom stereocenters. The van der Waals surface area contributed by atoms with E-state index < -0.39 is 29.7 Å². The number of carbonyl (C=O) groups is 2. The molecule has 1 spiro atoms. The Labute approximate surface area is 127 Å². The lowest BCUT2D eigenvalue weighted by Gasteiger charge is -2.35. The number of ether oxygens (including phenoxy) is 1. The van der Waals surface area contributed by atoms with E-state index in [2.05, 4.69) is 5.32 Å². The van der Waals surface area contributed by atoms with Crippen molar-refractivity contribution in [2.75, 3.05) is 12.4 Å². The predicted molar refractivity (Wildman–Crippen MR) is 78.3 cm³/mol. The third-order valence-electron chi connectivity index (χ3n) is 5.02.